The second kappa shape index (κ2) is 3.68. The Morgan fingerprint density at radius 3 is 1.93 bits per heavy atom. The van der Waals surface area contributed by atoms with Crippen molar-refractivity contribution in [2.45, 2.75) is 19.3 Å². The van der Waals surface area contributed by atoms with Gasteiger partial charge in [0.15, 0.2) is 0 Å². The average molecular weight is 216 g/mol. The van der Waals surface area contributed by atoms with Crippen LogP contribution in [0.2, 0.25) is 0 Å². The van der Waals surface area contributed by atoms with Crippen molar-refractivity contribution in [3.63, 3.8) is 0 Å². The van der Waals surface area contributed by atoms with E-state index in [0.717, 1.165) is 0 Å². The maximum Gasteiger partial charge on any atom is 0.321 e. The summed E-state index contributed by atoms with van der Waals surface area (Å²) in [5.74, 6) is -4.65. The highest BCUT2D eigenvalue weighted by atomic mass is 16.6. The van der Waals surface area contributed by atoms with Crippen LogP contribution in [0.25, 0.3) is 0 Å². The van der Waals surface area contributed by atoms with E-state index in [-0.39, 0.29) is 0 Å². The minimum absolute atomic E-state index is 0.496. The monoisotopic (exact) mass is 216 g/mol. The average Bonchev–Trinajstić information content (AvgIpc) is 2.22. The number of carboxylic acid groups (broad SMARTS) is 2. The summed E-state index contributed by atoms with van der Waals surface area (Å²) in [5, 5.41) is 17.1. The number of aliphatic carboxylic acids is 2. The summed E-state index contributed by atoms with van der Waals surface area (Å²) in [4.78, 5) is 43.0. The normalized spacial score (nSPS) is 18.7. The van der Waals surface area contributed by atoms with Gasteiger partial charge in [-0.15, -0.1) is 0 Å². The van der Waals surface area contributed by atoms with Gasteiger partial charge in [-0.1, -0.05) is 0 Å². The van der Waals surface area contributed by atoms with Crippen LogP contribution in [0.4, 0.5) is 0 Å². The standard InChI is InChI=1S/C8H8O7/c9-4(10)1-8(2-5(11)12)3-6(13)15-7(8)14/h1-3H2,(H,9,10)(H,11,12). The van der Waals surface area contributed by atoms with Gasteiger partial charge in [0.05, 0.1) is 24.7 Å². The molecule has 1 saturated heterocycles. The third-order valence-corrected chi connectivity index (χ3v) is 2.10. The Labute approximate surface area is 83.6 Å². The van der Waals surface area contributed by atoms with Gasteiger partial charge in [-0.3, -0.25) is 19.2 Å². The van der Waals surface area contributed by atoms with Crippen LogP contribution in [0.1, 0.15) is 19.3 Å². The summed E-state index contributed by atoms with van der Waals surface area (Å²) in [6, 6.07) is 0. The molecule has 0 atom stereocenters. The summed E-state index contributed by atoms with van der Waals surface area (Å²) >= 11 is 0. The van der Waals surface area contributed by atoms with E-state index in [4.69, 9.17) is 10.2 Å². The van der Waals surface area contributed by atoms with Crippen LogP contribution in [0.3, 0.4) is 0 Å². The van der Waals surface area contributed by atoms with E-state index in [9.17, 15) is 19.2 Å². The van der Waals surface area contributed by atoms with Gasteiger partial charge >= 0.3 is 23.9 Å². The van der Waals surface area contributed by atoms with E-state index in [2.05, 4.69) is 4.74 Å². The van der Waals surface area contributed by atoms with Gasteiger partial charge in [-0.2, -0.15) is 0 Å². The molecule has 0 amide bonds. The zero-order valence-electron chi connectivity index (χ0n) is 7.56. The van der Waals surface area contributed by atoms with E-state index in [0.29, 0.717) is 0 Å². The number of ether oxygens (including phenoxy) is 1. The molecule has 0 radical (unpaired) electrons. The van der Waals surface area contributed by atoms with Gasteiger partial charge in [0.1, 0.15) is 0 Å². The summed E-state index contributed by atoms with van der Waals surface area (Å²) in [6.07, 6.45) is -1.93. The summed E-state index contributed by atoms with van der Waals surface area (Å²) in [7, 11) is 0. The van der Waals surface area contributed by atoms with Gasteiger partial charge in [-0.25, -0.2) is 0 Å². The molecule has 0 aromatic heterocycles. The second-order valence-corrected chi connectivity index (χ2v) is 3.36. The zero-order valence-corrected chi connectivity index (χ0v) is 7.56. The minimum atomic E-state index is -1.74. The van der Waals surface area contributed by atoms with Gasteiger partial charge in [0.2, 0.25) is 0 Å². The van der Waals surface area contributed by atoms with E-state index in [1.165, 1.54) is 0 Å². The number of hydrogen-bond acceptors (Lipinski definition) is 5. The fraction of sp³-hybridized carbons (Fsp3) is 0.500. The van der Waals surface area contributed by atoms with Crippen LogP contribution in [-0.2, 0) is 23.9 Å². The van der Waals surface area contributed by atoms with Crippen molar-refractivity contribution in [3.8, 4) is 0 Å². The summed E-state index contributed by atoms with van der Waals surface area (Å²) < 4.78 is 4.17. The van der Waals surface area contributed by atoms with E-state index >= 15 is 0 Å². The van der Waals surface area contributed by atoms with Crippen LogP contribution in [0.5, 0.6) is 0 Å². The van der Waals surface area contributed by atoms with Gasteiger partial charge in [0, 0.05) is 0 Å². The molecular weight excluding hydrogens is 208 g/mol. The number of rotatable bonds is 4. The van der Waals surface area contributed by atoms with Crippen molar-refractivity contribution in [2.75, 3.05) is 0 Å². The summed E-state index contributed by atoms with van der Waals surface area (Å²) in [5.41, 5.74) is -1.74. The van der Waals surface area contributed by atoms with Crippen molar-refractivity contribution < 1.29 is 34.1 Å². The topological polar surface area (TPSA) is 118 Å². The molecule has 1 aliphatic rings. The predicted molar refractivity (Wildman–Crippen MR) is 42.7 cm³/mol. The SMILES string of the molecule is O=C(O)CC1(CC(=O)O)CC(=O)OC1=O. The lowest BCUT2D eigenvalue weighted by Gasteiger charge is -2.18. The van der Waals surface area contributed by atoms with Crippen molar-refractivity contribution in [1.82, 2.24) is 0 Å². The molecule has 0 saturated carbocycles. The fourth-order valence-electron chi connectivity index (χ4n) is 1.51. The first-order valence-electron chi connectivity index (χ1n) is 4.04. The van der Waals surface area contributed by atoms with Crippen LogP contribution >= 0.6 is 0 Å². The Morgan fingerprint density at radius 1 is 1.20 bits per heavy atom. The maximum atomic E-state index is 11.2. The molecule has 0 aliphatic carbocycles. The van der Waals surface area contributed by atoms with Crippen LogP contribution in [0, 0.1) is 5.41 Å². The molecule has 0 aromatic rings. The zero-order chi connectivity index (χ0) is 11.6. The molecular formula is C8H8O7. The van der Waals surface area contributed by atoms with E-state index < -0.39 is 48.6 Å². The number of carboxylic acids is 2. The van der Waals surface area contributed by atoms with Crippen molar-refractivity contribution in [3.05, 3.63) is 0 Å². The van der Waals surface area contributed by atoms with E-state index in [1.54, 1.807) is 0 Å². The maximum absolute atomic E-state index is 11.2. The van der Waals surface area contributed by atoms with Crippen LogP contribution in [-0.4, -0.2) is 34.1 Å². The smallest absolute Gasteiger partial charge is 0.321 e. The molecule has 0 aromatic carbocycles. The van der Waals surface area contributed by atoms with Crippen molar-refractivity contribution >= 4 is 23.9 Å². The third-order valence-electron chi connectivity index (χ3n) is 2.10. The van der Waals surface area contributed by atoms with Crippen LogP contribution < -0.4 is 0 Å². The molecule has 1 fully saturated rings. The molecule has 7 heteroatoms. The number of cyclic esters (lactones) is 2. The van der Waals surface area contributed by atoms with Crippen molar-refractivity contribution in [1.29, 1.82) is 0 Å². The Kier molecular flexibility index (Phi) is 2.74. The number of hydrogen-bond donors (Lipinski definition) is 2. The molecule has 1 rings (SSSR count). The van der Waals surface area contributed by atoms with Gasteiger partial charge in [-0.05, 0) is 0 Å². The lowest BCUT2D eigenvalue weighted by molar-refractivity contribution is -0.160. The largest absolute Gasteiger partial charge is 0.481 e. The predicted octanol–water partition coefficient (Wildman–Crippen LogP) is -0.604. The molecule has 0 bridgehead atoms. The third kappa shape index (κ3) is 2.30. The Balaban J connectivity index is 2.95. The molecule has 2 N–H and O–H groups in total. The molecule has 1 heterocycles. The highest BCUT2D eigenvalue weighted by Crippen LogP contribution is 2.38. The highest BCUT2D eigenvalue weighted by Gasteiger charge is 2.52. The first-order valence-corrected chi connectivity index (χ1v) is 4.04. The first-order chi connectivity index (χ1) is 6.85. The lowest BCUT2D eigenvalue weighted by atomic mass is 9.80. The number of carbonyl (C=O) groups excluding carboxylic acids is 2. The summed E-state index contributed by atoms with van der Waals surface area (Å²) in [6.45, 7) is 0. The second-order valence-electron chi connectivity index (χ2n) is 3.36. The Hall–Kier alpha value is -1.92. The lowest BCUT2D eigenvalue weighted by Crippen LogP contribution is -2.32. The quantitative estimate of drug-likeness (QED) is 0.475. The molecule has 0 unspecified atom stereocenters. The number of carbonyl (C=O) groups is 4. The molecule has 15 heavy (non-hydrogen) atoms. The van der Waals surface area contributed by atoms with Crippen LogP contribution in [0.15, 0.2) is 0 Å². The molecule has 0 spiro atoms. The highest BCUT2D eigenvalue weighted by molar-refractivity contribution is 6.01. The van der Waals surface area contributed by atoms with Gasteiger partial charge < -0.3 is 14.9 Å². The molecule has 82 valence electrons. The molecule has 1 aliphatic heterocycles. The fourth-order valence-corrected chi connectivity index (χ4v) is 1.51. The van der Waals surface area contributed by atoms with E-state index in [1.807, 2.05) is 0 Å². The van der Waals surface area contributed by atoms with Crippen molar-refractivity contribution in [2.24, 2.45) is 5.41 Å². The minimum Gasteiger partial charge on any atom is -0.481 e. The Bertz CT molecular complexity index is 327. The Morgan fingerprint density at radius 2 is 1.67 bits per heavy atom. The molecule has 7 nitrogen and oxygen atoms in total. The number of esters is 2. The van der Waals surface area contributed by atoms with Gasteiger partial charge in [0.25, 0.3) is 0 Å². The first kappa shape index (κ1) is 11.2.